The molecule has 0 N–H and O–H groups in total. The molecule has 0 aliphatic rings. The zero-order chi connectivity index (χ0) is 19.6. The number of hydrogen-bond acceptors (Lipinski definition) is 6. The lowest BCUT2D eigenvalue weighted by Gasteiger charge is -2.21. The van der Waals surface area contributed by atoms with Crippen LogP contribution in [0, 0.1) is 6.92 Å². The molecule has 0 atom stereocenters. The van der Waals surface area contributed by atoms with Crippen LogP contribution in [0.3, 0.4) is 0 Å². The minimum absolute atomic E-state index is 0.0259. The van der Waals surface area contributed by atoms with Crippen molar-refractivity contribution in [2.24, 2.45) is 14.1 Å². The van der Waals surface area contributed by atoms with E-state index in [9.17, 15) is 18.0 Å². The molecule has 9 heteroatoms. The summed E-state index contributed by atoms with van der Waals surface area (Å²) in [7, 11) is -1.78. The van der Waals surface area contributed by atoms with Crippen LogP contribution >= 0.6 is 0 Å². The third kappa shape index (κ3) is 3.52. The second-order valence-corrected chi connectivity index (χ2v) is 7.31. The predicted octanol–water partition coefficient (Wildman–Crippen LogP) is 1.01. The van der Waals surface area contributed by atoms with E-state index in [1.165, 1.54) is 27.1 Å². The fourth-order valence-corrected chi connectivity index (χ4v) is 3.98. The molecule has 0 aliphatic carbocycles. The molecule has 0 saturated carbocycles. The van der Waals surface area contributed by atoms with Gasteiger partial charge in [0.1, 0.15) is 5.75 Å². The first-order valence-electron chi connectivity index (χ1n) is 8.20. The summed E-state index contributed by atoms with van der Waals surface area (Å²) >= 11 is 0. The lowest BCUT2D eigenvalue weighted by atomic mass is 10.2. The number of anilines is 1. The summed E-state index contributed by atoms with van der Waals surface area (Å²) in [6, 6.07) is 6.64. The summed E-state index contributed by atoms with van der Waals surface area (Å²) in [6.45, 7) is 6.89. The van der Waals surface area contributed by atoms with E-state index in [4.69, 9.17) is 4.18 Å². The lowest BCUT2D eigenvalue weighted by Crippen LogP contribution is -2.41. The molecule has 0 spiro atoms. The van der Waals surface area contributed by atoms with Crippen molar-refractivity contribution in [3.8, 4) is 5.75 Å². The van der Waals surface area contributed by atoms with Gasteiger partial charge in [-0.1, -0.05) is 6.07 Å². The summed E-state index contributed by atoms with van der Waals surface area (Å²) in [5.74, 6) is 0.102. The van der Waals surface area contributed by atoms with Crippen molar-refractivity contribution in [3.63, 3.8) is 0 Å². The minimum atomic E-state index is -4.40. The van der Waals surface area contributed by atoms with Crippen molar-refractivity contribution in [3.05, 3.63) is 50.8 Å². The van der Waals surface area contributed by atoms with Crippen molar-refractivity contribution in [2.75, 3.05) is 18.0 Å². The van der Waals surface area contributed by atoms with Crippen LogP contribution < -0.4 is 20.3 Å². The lowest BCUT2D eigenvalue weighted by molar-refractivity contribution is 0.478. The summed E-state index contributed by atoms with van der Waals surface area (Å²) < 4.78 is 32.5. The number of benzene rings is 1. The van der Waals surface area contributed by atoms with Gasteiger partial charge in [0.2, 0.25) is 0 Å². The van der Waals surface area contributed by atoms with Gasteiger partial charge in [-0.15, -0.1) is 0 Å². The van der Waals surface area contributed by atoms with E-state index in [0.29, 0.717) is 0 Å². The highest BCUT2D eigenvalue weighted by Gasteiger charge is 2.27. The van der Waals surface area contributed by atoms with Gasteiger partial charge in [0.15, 0.2) is 4.90 Å². The first kappa shape index (κ1) is 19.8. The van der Waals surface area contributed by atoms with E-state index in [1.54, 1.807) is 12.1 Å². The molecule has 2 aromatic rings. The van der Waals surface area contributed by atoms with E-state index in [0.717, 1.165) is 27.9 Å². The van der Waals surface area contributed by atoms with Crippen LogP contribution in [-0.2, 0) is 24.2 Å². The number of nitrogens with zero attached hydrogens (tertiary/aromatic N) is 3. The van der Waals surface area contributed by atoms with Crippen LogP contribution in [0.15, 0.2) is 38.8 Å². The highest BCUT2D eigenvalue weighted by Crippen LogP contribution is 2.24. The maximum absolute atomic E-state index is 12.7. The molecule has 142 valence electrons. The average molecular weight is 381 g/mol. The summed E-state index contributed by atoms with van der Waals surface area (Å²) in [6.07, 6.45) is 0. The van der Waals surface area contributed by atoms with Gasteiger partial charge in [-0.05, 0) is 32.9 Å². The summed E-state index contributed by atoms with van der Waals surface area (Å²) in [5, 5.41) is 0. The van der Waals surface area contributed by atoms with Crippen molar-refractivity contribution in [1.29, 1.82) is 0 Å². The molecule has 0 bridgehead atoms. The molecular weight excluding hydrogens is 358 g/mol. The molecule has 0 fully saturated rings. The molecule has 0 aliphatic heterocycles. The smallest absolute Gasteiger partial charge is 0.346 e. The van der Waals surface area contributed by atoms with Gasteiger partial charge < -0.3 is 9.08 Å². The van der Waals surface area contributed by atoms with Crippen LogP contribution in [0.5, 0.6) is 5.75 Å². The maximum Gasteiger partial charge on any atom is 0.346 e. The van der Waals surface area contributed by atoms with Crippen LogP contribution in [0.4, 0.5) is 5.69 Å². The largest absolute Gasteiger partial charge is 0.379 e. The van der Waals surface area contributed by atoms with E-state index in [2.05, 4.69) is 0 Å². The molecule has 1 aromatic carbocycles. The number of rotatable bonds is 6. The molecular formula is C17H23N3O5S. The Hall–Kier alpha value is -2.55. The molecule has 0 unspecified atom stereocenters. The van der Waals surface area contributed by atoms with Crippen LogP contribution in [0.25, 0.3) is 0 Å². The van der Waals surface area contributed by atoms with Crippen LogP contribution in [-0.4, -0.2) is 30.6 Å². The van der Waals surface area contributed by atoms with Crippen molar-refractivity contribution in [1.82, 2.24) is 9.13 Å². The monoisotopic (exact) mass is 381 g/mol. The first-order chi connectivity index (χ1) is 12.1. The summed E-state index contributed by atoms with van der Waals surface area (Å²) in [4.78, 5) is 25.8. The predicted molar refractivity (Wildman–Crippen MR) is 99.5 cm³/mol. The van der Waals surface area contributed by atoms with E-state index in [-0.39, 0.29) is 11.4 Å². The molecule has 0 radical (unpaired) electrons. The second kappa shape index (κ2) is 7.36. The number of aromatic nitrogens is 2. The van der Waals surface area contributed by atoms with E-state index in [1.807, 2.05) is 24.8 Å². The van der Waals surface area contributed by atoms with Crippen LogP contribution in [0.2, 0.25) is 0 Å². The van der Waals surface area contributed by atoms with Gasteiger partial charge in [-0.2, -0.15) is 8.42 Å². The third-order valence-electron chi connectivity index (χ3n) is 4.31. The zero-order valence-corrected chi connectivity index (χ0v) is 16.3. The molecule has 0 amide bonds. The minimum Gasteiger partial charge on any atom is -0.379 e. The Morgan fingerprint density at radius 1 is 1.08 bits per heavy atom. The molecule has 1 heterocycles. The Kier molecular flexibility index (Phi) is 5.60. The normalized spacial score (nSPS) is 11.4. The molecule has 2 rings (SSSR count). The quantitative estimate of drug-likeness (QED) is 0.694. The van der Waals surface area contributed by atoms with Gasteiger partial charge >= 0.3 is 15.8 Å². The van der Waals surface area contributed by atoms with Crippen LogP contribution in [0.1, 0.15) is 19.5 Å². The van der Waals surface area contributed by atoms with Crippen molar-refractivity contribution < 1.29 is 12.6 Å². The van der Waals surface area contributed by atoms with E-state index >= 15 is 0 Å². The first-order valence-corrected chi connectivity index (χ1v) is 9.61. The Labute approximate surface area is 152 Å². The Morgan fingerprint density at radius 2 is 1.69 bits per heavy atom. The van der Waals surface area contributed by atoms with Gasteiger partial charge in [0.05, 0.1) is 0 Å². The Morgan fingerprint density at radius 3 is 2.27 bits per heavy atom. The highest BCUT2D eigenvalue weighted by molar-refractivity contribution is 7.87. The second-order valence-electron chi connectivity index (χ2n) is 5.83. The molecule has 0 saturated heterocycles. The average Bonchev–Trinajstić information content (AvgIpc) is 2.59. The molecule has 1 aromatic heterocycles. The SMILES string of the molecule is CCN(CC)c1cccc(OS(=O)(=O)c2c(C)n(C)c(=O)n(C)c2=O)c1. The fraction of sp³-hybridized carbons (Fsp3) is 0.412. The fourth-order valence-electron chi connectivity index (χ4n) is 2.69. The maximum atomic E-state index is 12.7. The molecule has 26 heavy (non-hydrogen) atoms. The highest BCUT2D eigenvalue weighted by atomic mass is 32.2. The zero-order valence-electron chi connectivity index (χ0n) is 15.5. The summed E-state index contributed by atoms with van der Waals surface area (Å²) in [5.41, 5.74) is -0.675. The van der Waals surface area contributed by atoms with Gasteiger partial charge in [-0.25, -0.2) is 4.79 Å². The van der Waals surface area contributed by atoms with Crippen molar-refractivity contribution in [2.45, 2.75) is 25.7 Å². The Balaban J connectivity index is 2.54. The Bertz CT molecular complexity index is 1030. The molecule has 8 nitrogen and oxygen atoms in total. The van der Waals surface area contributed by atoms with Gasteiger partial charge in [0.25, 0.3) is 5.56 Å². The topological polar surface area (TPSA) is 90.6 Å². The van der Waals surface area contributed by atoms with Crippen molar-refractivity contribution >= 4 is 15.8 Å². The van der Waals surface area contributed by atoms with Gasteiger partial charge in [0, 0.05) is 44.6 Å². The van der Waals surface area contributed by atoms with E-state index < -0.39 is 26.3 Å². The van der Waals surface area contributed by atoms with Gasteiger partial charge in [-0.3, -0.25) is 13.9 Å². The third-order valence-corrected chi connectivity index (χ3v) is 5.69. The number of hydrogen-bond donors (Lipinski definition) is 0. The standard InChI is InChI=1S/C17H23N3O5S/c1-6-20(7-2)13-9-8-10-14(11-13)25-26(23,24)15-12(3)18(4)17(22)19(5)16(15)21/h8-11H,6-7H2,1-5H3.